The van der Waals surface area contributed by atoms with E-state index < -0.39 is 6.61 Å². The number of hydrogen-bond donors (Lipinski definition) is 0. The minimum absolute atomic E-state index is 0.0676. The van der Waals surface area contributed by atoms with E-state index >= 15 is 0 Å². The van der Waals surface area contributed by atoms with Gasteiger partial charge in [0.05, 0.1) is 0 Å². The molecule has 6 nitrogen and oxygen atoms in total. The van der Waals surface area contributed by atoms with Crippen molar-refractivity contribution in [2.24, 2.45) is 5.92 Å². The number of aromatic nitrogens is 3. The maximum Gasteiger partial charge on any atom is 0.387 e. The van der Waals surface area contributed by atoms with Crippen LogP contribution in [0.15, 0.2) is 33.2 Å². The summed E-state index contributed by atoms with van der Waals surface area (Å²) in [6.07, 6.45) is 2.80. The molecule has 130 valence electrons. The molecule has 0 saturated carbocycles. The van der Waals surface area contributed by atoms with Crippen molar-refractivity contribution in [3.05, 3.63) is 35.6 Å². The molecule has 1 atom stereocenters. The van der Waals surface area contributed by atoms with Crippen LogP contribution in [0.3, 0.4) is 0 Å². The quantitative estimate of drug-likeness (QED) is 0.707. The summed E-state index contributed by atoms with van der Waals surface area (Å²) in [5, 5.41) is 12.1. The molecule has 2 aromatic heterocycles. The number of aryl methyl sites for hydroxylation is 1. The highest BCUT2D eigenvalue weighted by Gasteiger charge is 2.27. The summed E-state index contributed by atoms with van der Waals surface area (Å²) in [6.45, 7) is -0.677. The van der Waals surface area contributed by atoms with Crippen LogP contribution in [0, 0.1) is 5.92 Å². The largest absolute Gasteiger partial charge is 0.435 e. The van der Waals surface area contributed by atoms with Crippen LogP contribution in [-0.4, -0.2) is 22.0 Å². The van der Waals surface area contributed by atoms with Gasteiger partial charge in [-0.05, 0) is 43.0 Å². The lowest BCUT2D eigenvalue weighted by Crippen LogP contribution is -2.09. The first kappa shape index (κ1) is 15.7. The number of rotatable bonds is 4. The molecule has 0 N–H and O–H groups in total. The highest BCUT2D eigenvalue weighted by Crippen LogP contribution is 2.34. The second-order valence-corrected chi connectivity index (χ2v) is 6.10. The lowest BCUT2D eigenvalue weighted by molar-refractivity contribution is -0.0498. The highest BCUT2D eigenvalue weighted by atomic mass is 19.3. The second kappa shape index (κ2) is 6.27. The third-order valence-corrected chi connectivity index (χ3v) is 4.24. The summed E-state index contributed by atoms with van der Waals surface area (Å²) in [5.74, 6) is 2.07. The molecule has 1 unspecified atom stereocenters. The lowest BCUT2D eigenvalue weighted by atomic mass is 9.88. The Morgan fingerprint density at radius 2 is 1.92 bits per heavy atom. The first-order valence-corrected chi connectivity index (χ1v) is 7.96. The van der Waals surface area contributed by atoms with Gasteiger partial charge in [0, 0.05) is 17.5 Å². The second-order valence-electron chi connectivity index (χ2n) is 6.10. The summed E-state index contributed by atoms with van der Waals surface area (Å²) >= 11 is 0. The minimum Gasteiger partial charge on any atom is -0.435 e. The number of ether oxygens (including phenoxy) is 1. The van der Waals surface area contributed by atoms with Crippen molar-refractivity contribution in [2.75, 3.05) is 0 Å². The number of hydrogen-bond acceptors (Lipinski definition) is 6. The molecule has 3 aromatic rings. The van der Waals surface area contributed by atoms with E-state index in [-0.39, 0.29) is 11.6 Å². The zero-order valence-electron chi connectivity index (χ0n) is 13.4. The van der Waals surface area contributed by atoms with Crippen molar-refractivity contribution in [1.82, 2.24) is 15.4 Å². The van der Waals surface area contributed by atoms with Gasteiger partial charge in [-0.2, -0.15) is 8.78 Å². The Labute approximate surface area is 141 Å². The van der Waals surface area contributed by atoms with Crippen LogP contribution in [0.5, 0.6) is 5.75 Å². The molecule has 2 heterocycles. The van der Waals surface area contributed by atoms with E-state index in [0.29, 0.717) is 23.1 Å². The van der Waals surface area contributed by atoms with Gasteiger partial charge in [-0.1, -0.05) is 12.1 Å². The summed E-state index contributed by atoms with van der Waals surface area (Å²) in [5.41, 5.74) is 2.21. The van der Waals surface area contributed by atoms with Crippen molar-refractivity contribution in [2.45, 2.75) is 32.8 Å². The maximum absolute atomic E-state index is 12.2. The molecule has 25 heavy (non-hydrogen) atoms. The molecular formula is C17H15F2N3O3. The van der Waals surface area contributed by atoms with Crippen LogP contribution in [-0.2, 0) is 12.8 Å². The Morgan fingerprint density at radius 3 is 2.68 bits per heavy atom. The van der Waals surface area contributed by atoms with Gasteiger partial charge in [0.2, 0.25) is 5.89 Å². The van der Waals surface area contributed by atoms with Gasteiger partial charge < -0.3 is 13.7 Å². The molecule has 0 saturated heterocycles. The number of halogens is 2. The topological polar surface area (TPSA) is 74.2 Å². The Bertz CT molecular complexity index is 874. The van der Waals surface area contributed by atoms with E-state index in [1.165, 1.54) is 12.1 Å². The van der Waals surface area contributed by atoms with Gasteiger partial charge in [0.1, 0.15) is 11.5 Å². The van der Waals surface area contributed by atoms with Crippen LogP contribution in [0.2, 0.25) is 0 Å². The van der Waals surface area contributed by atoms with E-state index in [0.717, 1.165) is 30.6 Å². The van der Waals surface area contributed by atoms with Crippen molar-refractivity contribution in [3.63, 3.8) is 0 Å². The molecule has 0 amide bonds. The fourth-order valence-electron chi connectivity index (χ4n) is 2.96. The van der Waals surface area contributed by atoms with Gasteiger partial charge in [-0.15, -0.1) is 10.2 Å². The third-order valence-electron chi connectivity index (χ3n) is 4.24. The fourth-order valence-corrected chi connectivity index (χ4v) is 2.96. The maximum atomic E-state index is 12.2. The highest BCUT2D eigenvalue weighted by molar-refractivity contribution is 5.59. The summed E-state index contributed by atoms with van der Waals surface area (Å²) in [7, 11) is 0. The van der Waals surface area contributed by atoms with Crippen molar-refractivity contribution >= 4 is 0 Å². The monoisotopic (exact) mass is 347 g/mol. The van der Waals surface area contributed by atoms with Gasteiger partial charge in [-0.25, -0.2) is 0 Å². The average molecular weight is 347 g/mol. The molecule has 0 bridgehead atoms. The van der Waals surface area contributed by atoms with E-state index in [1.54, 1.807) is 12.1 Å². The lowest BCUT2D eigenvalue weighted by Gasteiger charge is -2.15. The number of nitrogens with zero attached hydrogens (tertiary/aromatic N) is 3. The van der Waals surface area contributed by atoms with Gasteiger partial charge in [0.25, 0.3) is 5.89 Å². The van der Waals surface area contributed by atoms with Crippen molar-refractivity contribution in [1.29, 1.82) is 0 Å². The van der Waals surface area contributed by atoms with Gasteiger partial charge in [0.15, 0.2) is 5.69 Å². The number of fused-ring (bicyclic) bond motifs is 1. The van der Waals surface area contributed by atoms with Crippen LogP contribution >= 0.6 is 0 Å². The summed E-state index contributed by atoms with van der Waals surface area (Å²) in [4.78, 5) is 0. The van der Waals surface area contributed by atoms with E-state index in [9.17, 15) is 8.78 Å². The molecule has 1 aromatic carbocycles. The van der Waals surface area contributed by atoms with Crippen LogP contribution in [0.25, 0.3) is 23.0 Å². The smallest absolute Gasteiger partial charge is 0.387 e. The van der Waals surface area contributed by atoms with Gasteiger partial charge >= 0.3 is 6.61 Å². The standard InChI is InChI=1S/C17H15F2N3O3/c1-9-2-7-13-12(8-9)14(22-25-13)16-21-20-15(24-16)10-3-5-11(6-4-10)23-17(18)19/h3-6,9,17H,2,7-8H2,1H3. The third kappa shape index (κ3) is 3.11. The Kier molecular flexibility index (Phi) is 3.95. The summed E-state index contributed by atoms with van der Waals surface area (Å²) < 4.78 is 39.8. The predicted octanol–water partition coefficient (Wildman–Crippen LogP) is 4.12. The zero-order valence-corrected chi connectivity index (χ0v) is 13.4. The van der Waals surface area contributed by atoms with Crippen LogP contribution < -0.4 is 4.74 Å². The zero-order chi connectivity index (χ0) is 17.4. The number of alkyl halides is 2. The van der Waals surface area contributed by atoms with E-state index in [1.807, 2.05) is 0 Å². The molecule has 1 aliphatic carbocycles. The molecule has 8 heteroatoms. The van der Waals surface area contributed by atoms with E-state index in [4.69, 9.17) is 8.94 Å². The predicted molar refractivity (Wildman–Crippen MR) is 83.1 cm³/mol. The normalized spacial score (nSPS) is 16.9. The van der Waals surface area contributed by atoms with Crippen molar-refractivity contribution in [3.8, 4) is 28.8 Å². The van der Waals surface area contributed by atoms with Gasteiger partial charge in [-0.3, -0.25) is 0 Å². The van der Waals surface area contributed by atoms with Crippen LogP contribution in [0.4, 0.5) is 8.78 Å². The van der Waals surface area contributed by atoms with E-state index in [2.05, 4.69) is 27.0 Å². The Morgan fingerprint density at radius 1 is 1.16 bits per heavy atom. The molecule has 0 aliphatic heterocycles. The fraction of sp³-hybridized carbons (Fsp3) is 0.353. The van der Waals surface area contributed by atoms with Crippen LogP contribution in [0.1, 0.15) is 24.7 Å². The Balaban J connectivity index is 1.60. The minimum atomic E-state index is -2.86. The molecular weight excluding hydrogens is 332 g/mol. The first-order chi connectivity index (χ1) is 12.1. The SMILES string of the molecule is CC1CCc2onc(-c3nnc(-c4ccc(OC(F)F)cc4)o3)c2C1. The Hall–Kier alpha value is -2.77. The van der Waals surface area contributed by atoms with Crippen molar-refractivity contribution < 1.29 is 22.5 Å². The average Bonchev–Trinajstić information content (AvgIpc) is 3.21. The molecule has 0 radical (unpaired) electrons. The molecule has 0 fully saturated rings. The summed E-state index contributed by atoms with van der Waals surface area (Å²) in [6, 6.07) is 6.00. The molecule has 1 aliphatic rings. The molecule has 4 rings (SSSR count). The first-order valence-electron chi connectivity index (χ1n) is 7.96. The number of benzene rings is 1. The molecule has 0 spiro atoms.